The zero-order valence-corrected chi connectivity index (χ0v) is 19.0. The van der Waals surface area contributed by atoms with Crippen molar-refractivity contribution >= 4 is 29.1 Å². The smallest absolute Gasteiger partial charge is 0.322 e. The molecule has 1 aliphatic heterocycles. The fraction of sp³-hybridized carbons (Fsp3) is 0.250. The maximum absolute atomic E-state index is 12.8. The van der Waals surface area contributed by atoms with Gasteiger partial charge in [0.1, 0.15) is 0 Å². The second-order valence-corrected chi connectivity index (χ2v) is 8.13. The van der Waals surface area contributed by atoms with Crippen LogP contribution in [0.5, 0.6) is 0 Å². The summed E-state index contributed by atoms with van der Waals surface area (Å²) < 4.78 is 1.47. The third kappa shape index (κ3) is 4.30. The summed E-state index contributed by atoms with van der Waals surface area (Å²) in [6, 6.07) is 12.5. The Kier molecular flexibility index (Phi) is 5.87. The highest BCUT2D eigenvalue weighted by atomic mass is 16.2. The maximum Gasteiger partial charge on any atom is 0.322 e. The van der Waals surface area contributed by atoms with Crippen LogP contribution in [0.4, 0.5) is 22.0 Å². The highest BCUT2D eigenvalue weighted by Gasteiger charge is 2.24. The van der Waals surface area contributed by atoms with Gasteiger partial charge in [-0.05, 0) is 36.8 Å². The van der Waals surface area contributed by atoms with E-state index in [9.17, 15) is 14.4 Å². The number of carbonyl (C=O) groups excluding carboxylic acids is 2. The summed E-state index contributed by atoms with van der Waals surface area (Å²) in [5.41, 5.74) is 3.92. The lowest BCUT2D eigenvalue weighted by Crippen LogP contribution is -2.28. The SMILES string of the molecule is Cc1c(-c2cn(C)c(=O)c(Nc3cccc(C(=O)N(C)C)c3)n2)cccc1N1CCNC1=O. The molecule has 0 saturated carbocycles. The van der Waals surface area contributed by atoms with Gasteiger partial charge in [-0.3, -0.25) is 14.5 Å². The molecule has 33 heavy (non-hydrogen) atoms. The average Bonchev–Trinajstić information content (AvgIpc) is 3.22. The quantitative estimate of drug-likeness (QED) is 0.628. The van der Waals surface area contributed by atoms with Gasteiger partial charge in [0.25, 0.3) is 11.5 Å². The van der Waals surface area contributed by atoms with Gasteiger partial charge >= 0.3 is 6.03 Å². The van der Waals surface area contributed by atoms with Crippen LogP contribution in [0.3, 0.4) is 0 Å². The molecule has 1 saturated heterocycles. The second kappa shape index (κ2) is 8.78. The van der Waals surface area contributed by atoms with Crippen molar-refractivity contribution in [2.24, 2.45) is 7.05 Å². The number of amides is 3. The fourth-order valence-corrected chi connectivity index (χ4v) is 3.84. The molecule has 2 N–H and O–H groups in total. The van der Waals surface area contributed by atoms with Crippen molar-refractivity contribution in [3.8, 4) is 11.3 Å². The molecule has 0 spiro atoms. The number of hydrogen-bond acceptors (Lipinski definition) is 5. The molecule has 0 bridgehead atoms. The number of benzene rings is 2. The van der Waals surface area contributed by atoms with Gasteiger partial charge in [-0.1, -0.05) is 18.2 Å². The van der Waals surface area contributed by atoms with Crippen molar-refractivity contribution in [1.29, 1.82) is 0 Å². The van der Waals surface area contributed by atoms with Crippen molar-refractivity contribution < 1.29 is 9.59 Å². The Morgan fingerprint density at radius 3 is 2.61 bits per heavy atom. The number of nitrogens with zero attached hydrogens (tertiary/aromatic N) is 4. The first-order valence-corrected chi connectivity index (χ1v) is 10.6. The number of nitrogens with one attached hydrogen (secondary N) is 2. The van der Waals surface area contributed by atoms with Gasteiger partial charge in [-0.25, -0.2) is 9.78 Å². The number of urea groups is 1. The van der Waals surface area contributed by atoms with Crippen molar-refractivity contribution in [3.63, 3.8) is 0 Å². The standard InChI is InChI=1S/C24H26N6O3/c1-15-18(9-6-10-20(15)30-12-11-25-24(30)33)19-14-29(4)23(32)21(27-19)26-17-8-5-7-16(13-17)22(31)28(2)3/h5-10,13-14H,11-12H2,1-4H3,(H,25,33)(H,26,27). The molecule has 0 radical (unpaired) electrons. The van der Waals surface area contributed by atoms with Crippen LogP contribution in [0.25, 0.3) is 11.3 Å². The molecule has 0 aliphatic carbocycles. The van der Waals surface area contributed by atoms with Crippen LogP contribution in [-0.2, 0) is 7.05 Å². The van der Waals surface area contributed by atoms with E-state index in [1.165, 1.54) is 9.47 Å². The minimum Gasteiger partial charge on any atom is -0.345 e. The second-order valence-electron chi connectivity index (χ2n) is 8.13. The largest absolute Gasteiger partial charge is 0.345 e. The lowest BCUT2D eigenvalue weighted by molar-refractivity contribution is 0.0827. The van der Waals surface area contributed by atoms with Gasteiger partial charge in [-0.15, -0.1) is 0 Å². The zero-order valence-electron chi connectivity index (χ0n) is 19.0. The molecule has 1 fully saturated rings. The maximum atomic E-state index is 12.8. The summed E-state index contributed by atoms with van der Waals surface area (Å²) in [5, 5.41) is 5.88. The van der Waals surface area contributed by atoms with Crippen LogP contribution < -0.4 is 21.1 Å². The van der Waals surface area contributed by atoms with E-state index in [1.54, 1.807) is 56.5 Å². The van der Waals surface area contributed by atoms with Crippen LogP contribution in [0.15, 0.2) is 53.5 Å². The first-order chi connectivity index (χ1) is 15.8. The van der Waals surface area contributed by atoms with Gasteiger partial charge < -0.3 is 20.1 Å². The Hall–Kier alpha value is -4.14. The van der Waals surface area contributed by atoms with Gasteiger partial charge in [0.2, 0.25) is 0 Å². The highest BCUT2D eigenvalue weighted by molar-refractivity contribution is 5.96. The number of hydrogen-bond donors (Lipinski definition) is 2. The summed E-state index contributed by atoms with van der Waals surface area (Å²) in [6.07, 6.45) is 1.68. The molecule has 3 amide bonds. The molecule has 9 heteroatoms. The van der Waals surface area contributed by atoms with E-state index in [0.29, 0.717) is 30.0 Å². The topological polar surface area (TPSA) is 99.6 Å². The molecule has 3 aromatic rings. The lowest BCUT2D eigenvalue weighted by Gasteiger charge is -2.19. The van der Waals surface area contributed by atoms with Crippen LogP contribution in [0.1, 0.15) is 15.9 Å². The molecule has 9 nitrogen and oxygen atoms in total. The Morgan fingerprint density at radius 2 is 1.91 bits per heavy atom. The number of rotatable bonds is 5. The van der Waals surface area contributed by atoms with E-state index in [4.69, 9.17) is 0 Å². The first-order valence-electron chi connectivity index (χ1n) is 10.6. The van der Waals surface area contributed by atoms with Crippen LogP contribution in [0.2, 0.25) is 0 Å². The zero-order chi connectivity index (χ0) is 23.7. The Labute approximate surface area is 191 Å². The molecule has 0 unspecified atom stereocenters. The third-order valence-electron chi connectivity index (χ3n) is 5.58. The fourth-order valence-electron chi connectivity index (χ4n) is 3.84. The van der Waals surface area contributed by atoms with E-state index < -0.39 is 0 Å². The first kappa shape index (κ1) is 22.1. The van der Waals surface area contributed by atoms with E-state index in [2.05, 4.69) is 15.6 Å². The van der Waals surface area contributed by atoms with Gasteiger partial charge in [0, 0.05) is 62.9 Å². The molecular formula is C24H26N6O3. The predicted octanol–water partition coefficient (Wildman–Crippen LogP) is 2.73. The Balaban J connectivity index is 1.72. The molecular weight excluding hydrogens is 420 g/mol. The van der Waals surface area contributed by atoms with Crippen LogP contribution in [0, 0.1) is 6.92 Å². The molecule has 170 valence electrons. The molecule has 1 aromatic heterocycles. The van der Waals surface area contributed by atoms with E-state index >= 15 is 0 Å². The van der Waals surface area contributed by atoms with Crippen molar-refractivity contribution in [1.82, 2.24) is 19.8 Å². The molecule has 2 heterocycles. The number of carbonyl (C=O) groups is 2. The van der Waals surface area contributed by atoms with Crippen molar-refractivity contribution in [2.75, 3.05) is 37.4 Å². The van der Waals surface area contributed by atoms with E-state index in [0.717, 1.165) is 16.8 Å². The van der Waals surface area contributed by atoms with Gasteiger partial charge in [0.15, 0.2) is 5.82 Å². The summed E-state index contributed by atoms with van der Waals surface area (Å²) >= 11 is 0. The number of aryl methyl sites for hydroxylation is 1. The van der Waals surface area contributed by atoms with Crippen molar-refractivity contribution in [2.45, 2.75) is 6.92 Å². The lowest BCUT2D eigenvalue weighted by atomic mass is 10.0. The molecule has 0 atom stereocenters. The van der Waals surface area contributed by atoms with E-state index in [-0.39, 0.29) is 23.3 Å². The summed E-state index contributed by atoms with van der Waals surface area (Å²) in [7, 11) is 5.04. The van der Waals surface area contributed by atoms with E-state index in [1.807, 2.05) is 25.1 Å². The summed E-state index contributed by atoms with van der Waals surface area (Å²) in [6.45, 7) is 3.13. The van der Waals surface area contributed by atoms with Gasteiger partial charge in [0.05, 0.1) is 5.69 Å². The minimum atomic E-state index is -0.296. The number of anilines is 3. The average molecular weight is 447 g/mol. The van der Waals surface area contributed by atoms with Crippen molar-refractivity contribution in [3.05, 3.63) is 70.1 Å². The monoisotopic (exact) mass is 446 g/mol. The summed E-state index contributed by atoms with van der Waals surface area (Å²) in [4.78, 5) is 45.0. The normalized spacial score (nSPS) is 13.1. The predicted molar refractivity (Wildman–Crippen MR) is 128 cm³/mol. The highest BCUT2D eigenvalue weighted by Crippen LogP contribution is 2.31. The Morgan fingerprint density at radius 1 is 1.15 bits per heavy atom. The molecule has 4 rings (SSSR count). The Bertz CT molecular complexity index is 1300. The van der Waals surface area contributed by atoms with Crippen LogP contribution >= 0.6 is 0 Å². The van der Waals surface area contributed by atoms with Crippen LogP contribution in [-0.4, -0.2) is 53.6 Å². The van der Waals surface area contributed by atoms with Gasteiger partial charge in [-0.2, -0.15) is 0 Å². The summed E-state index contributed by atoms with van der Waals surface area (Å²) in [5.74, 6) is 0.0137. The molecule has 2 aromatic carbocycles. The molecule has 1 aliphatic rings. The number of aromatic nitrogens is 2. The third-order valence-corrected chi connectivity index (χ3v) is 5.58. The minimum absolute atomic E-state index is 0.127.